The van der Waals surface area contributed by atoms with E-state index in [4.69, 9.17) is 4.74 Å². The maximum absolute atomic E-state index is 12.8. The molecular formula is C22H25N3O3. The summed E-state index contributed by atoms with van der Waals surface area (Å²) in [4.78, 5) is 28.1. The molecule has 1 fully saturated rings. The zero-order chi connectivity index (χ0) is 19.7. The van der Waals surface area contributed by atoms with Gasteiger partial charge in [-0.1, -0.05) is 29.8 Å². The van der Waals surface area contributed by atoms with E-state index in [1.807, 2.05) is 11.0 Å². The standard InChI is InChI=1S/C22H25N3O3/c1-15-5-3-6-16(11-15)17-7-4-10-25(13-17)22(27)23-18-8-9-20-19(12-18)24(2)21(26)14-28-20/h3,5-6,8-9,11-12,17H,4,7,10,13-14H2,1-2H3,(H,23,27). The molecule has 1 saturated heterocycles. The average Bonchev–Trinajstić information content (AvgIpc) is 2.71. The predicted molar refractivity (Wildman–Crippen MR) is 109 cm³/mol. The van der Waals surface area contributed by atoms with Gasteiger partial charge in [0, 0.05) is 31.7 Å². The molecular weight excluding hydrogens is 354 g/mol. The Balaban J connectivity index is 1.46. The van der Waals surface area contributed by atoms with Crippen molar-refractivity contribution in [2.24, 2.45) is 0 Å². The summed E-state index contributed by atoms with van der Waals surface area (Å²) >= 11 is 0. The highest BCUT2D eigenvalue weighted by molar-refractivity contribution is 5.99. The van der Waals surface area contributed by atoms with Gasteiger partial charge >= 0.3 is 6.03 Å². The fourth-order valence-electron chi connectivity index (χ4n) is 3.91. The van der Waals surface area contributed by atoms with Crippen LogP contribution < -0.4 is 15.0 Å². The van der Waals surface area contributed by atoms with Crippen LogP contribution in [0.2, 0.25) is 0 Å². The highest BCUT2D eigenvalue weighted by atomic mass is 16.5. The van der Waals surface area contributed by atoms with Gasteiger partial charge in [0.05, 0.1) is 5.69 Å². The van der Waals surface area contributed by atoms with Crippen LogP contribution in [-0.2, 0) is 4.79 Å². The van der Waals surface area contributed by atoms with E-state index in [0.29, 0.717) is 29.6 Å². The van der Waals surface area contributed by atoms with Crippen LogP contribution in [0.5, 0.6) is 5.75 Å². The van der Waals surface area contributed by atoms with E-state index in [2.05, 4.69) is 36.5 Å². The van der Waals surface area contributed by atoms with Gasteiger partial charge in [0.2, 0.25) is 0 Å². The van der Waals surface area contributed by atoms with Crippen molar-refractivity contribution in [1.29, 1.82) is 0 Å². The first-order valence-electron chi connectivity index (χ1n) is 9.67. The number of amides is 3. The Morgan fingerprint density at radius 2 is 2.07 bits per heavy atom. The lowest BCUT2D eigenvalue weighted by Gasteiger charge is -2.33. The molecule has 0 spiro atoms. The lowest BCUT2D eigenvalue weighted by Crippen LogP contribution is -2.41. The van der Waals surface area contributed by atoms with Crippen LogP contribution in [0.3, 0.4) is 0 Å². The van der Waals surface area contributed by atoms with Gasteiger partial charge in [-0.15, -0.1) is 0 Å². The third kappa shape index (κ3) is 3.67. The number of carbonyl (C=O) groups excluding carboxylic acids is 2. The second kappa shape index (κ2) is 7.54. The number of nitrogens with zero attached hydrogens (tertiary/aromatic N) is 2. The van der Waals surface area contributed by atoms with E-state index >= 15 is 0 Å². The number of ether oxygens (including phenoxy) is 1. The van der Waals surface area contributed by atoms with Crippen molar-refractivity contribution in [2.75, 3.05) is 37.0 Å². The Morgan fingerprint density at radius 1 is 1.21 bits per heavy atom. The Bertz CT molecular complexity index is 912. The predicted octanol–water partition coefficient (Wildman–Crippen LogP) is 3.76. The average molecular weight is 379 g/mol. The SMILES string of the molecule is Cc1cccc(C2CCCN(C(=O)Nc3ccc4c(c3)N(C)C(=O)CO4)C2)c1. The van der Waals surface area contributed by atoms with E-state index in [9.17, 15) is 9.59 Å². The van der Waals surface area contributed by atoms with Crippen LogP contribution in [0.15, 0.2) is 42.5 Å². The topological polar surface area (TPSA) is 61.9 Å². The largest absolute Gasteiger partial charge is 0.482 e. The molecule has 3 amide bonds. The summed E-state index contributed by atoms with van der Waals surface area (Å²) in [5.41, 5.74) is 3.87. The quantitative estimate of drug-likeness (QED) is 0.864. The number of likely N-dealkylation sites (tertiary alicyclic amines) is 1. The number of anilines is 2. The van der Waals surface area contributed by atoms with Gasteiger partial charge in [-0.2, -0.15) is 0 Å². The van der Waals surface area contributed by atoms with Gasteiger partial charge < -0.3 is 19.9 Å². The highest BCUT2D eigenvalue weighted by Gasteiger charge is 2.26. The molecule has 6 heteroatoms. The molecule has 0 aromatic heterocycles. The number of hydrogen-bond acceptors (Lipinski definition) is 3. The van der Waals surface area contributed by atoms with Crippen LogP contribution in [0.25, 0.3) is 0 Å². The van der Waals surface area contributed by atoms with Crippen LogP contribution >= 0.6 is 0 Å². The minimum atomic E-state index is -0.108. The van der Waals surface area contributed by atoms with E-state index in [0.717, 1.165) is 19.4 Å². The maximum Gasteiger partial charge on any atom is 0.321 e. The van der Waals surface area contributed by atoms with Gasteiger partial charge in [0.1, 0.15) is 5.75 Å². The summed E-state index contributed by atoms with van der Waals surface area (Å²) in [6.07, 6.45) is 2.08. The summed E-state index contributed by atoms with van der Waals surface area (Å²) in [5.74, 6) is 0.908. The number of fused-ring (bicyclic) bond motifs is 1. The molecule has 1 atom stereocenters. The zero-order valence-electron chi connectivity index (χ0n) is 16.3. The number of rotatable bonds is 2. The molecule has 0 bridgehead atoms. The molecule has 1 N–H and O–H groups in total. The second-order valence-electron chi connectivity index (χ2n) is 7.55. The second-order valence-corrected chi connectivity index (χ2v) is 7.55. The van der Waals surface area contributed by atoms with Gasteiger partial charge in [-0.3, -0.25) is 4.79 Å². The van der Waals surface area contributed by atoms with E-state index in [1.54, 1.807) is 24.1 Å². The molecule has 2 heterocycles. The molecule has 0 radical (unpaired) electrons. The number of benzene rings is 2. The number of nitrogens with one attached hydrogen (secondary N) is 1. The third-order valence-corrected chi connectivity index (χ3v) is 5.52. The summed E-state index contributed by atoms with van der Waals surface area (Å²) in [6.45, 7) is 3.60. The fourth-order valence-corrected chi connectivity index (χ4v) is 3.91. The number of piperidine rings is 1. The Morgan fingerprint density at radius 3 is 2.89 bits per heavy atom. The van der Waals surface area contributed by atoms with Gasteiger partial charge in [0.15, 0.2) is 6.61 Å². The minimum absolute atomic E-state index is 0.0450. The van der Waals surface area contributed by atoms with Crippen LogP contribution in [0.4, 0.5) is 16.2 Å². The Labute approximate surface area is 165 Å². The smallest absolute Gasteiger partial charge is 0.321 e. The molecule has 0 aliphatic carbocycles. The summed E-state index contributed by atoms with van der Waals surface area (Å²) in [7, 11) is 1.71. The van der Waals surface area contributed by atoms with E-state index in [-0.39, 0.29) is 18.5 Å². The number of carbonyl (C=O) groups is 2. The van der Waals surface area contributed by atoms with Gasteiger partial charge in [-0.25, -0.2) is 4.79 Å². The fraction of sp³-hybridized carbons (Fsp3) is 0.364. The molecule has 0 saturated carbocycles. The van der Waals surface area contributed by atoms with Crippen molar-refractivity contribution in [3.63, 3.8) is 0 Å². The van der Waals surface area contributed by atoms with Crippen LogP contribution in [0, 0.1) is 6.92 Å². The molecule has 2 aliphatic heterocycles. The summed E-state index contributed by atoms with van der Waals surface area (Å²) < 4.78 is 5.44. The minimum Gasteiger partial charge on any atom is -0.482 e. The third-order valence-electron chi connectivity index (χ3n) is 5.52. The zero-order valence-corrected chi connectivity index (χ0v) is 16.3. The molecule has 146 valence electrons. The van der Waals surface area contributed by atoms with Crippen LogP contribution in [-0.4, -0.2) is 43.6 Å². The first kappa shape index (κ1) is 18.3. The Hall–Kier alpha value is -3.02. The number of hydrogen-bond donors (Lipinski definition) is 1. The number of likely N-dealkylation sites (N-methyl/N-ethyl adjacent to an activating group) is 1. The maximum atomic E-state index is 12.8. The van der Waals surface area contributed by atoms with Gasteiger partial charge in [0.25, 0.3) is 5.91 Å². The van der Waals surface area contributed by atoms with Crippen molar-refractivity contribution in [2.45, 2.75) is 25.7 Å². The van der Waals surface area contributed by atoms with E-state index in [1.165, 1.54) is 11.1 Å². The van der Waals surface area contributed by atoms with E-state index < -0.39 is 0 Å². The molecule has 28 heavy (non-hydrogen) atoms. The first-order chi connectivity index (χ1) is 13.5. The number of aryl methyl sites for hydroxylation is 1. The molecule has 2 aromatic carbocycles. The molecule has 1 unspecified atom stereocenters. The molecule has 6 nitrogen and oxygen atoms in total. The summed E-state index contributed by atoms with van der Waals surface area (Å²) in [6, 6.07) is 13.8. The molecule has 2 aliphatic rings. The molecule has 2 aromatic rings. The van der Waals surface area contributed by atoms with Crippen molar-refractivity contribution in [3.05, 3.63) is 53.6 Å². The number of urea groups is 1. The van der Waals surface area contributed by atoms with Gasteiger partial charge in [-0.05, 0) is 43.5 Å². The lowest BCUT2D eigenvalue weighted by atomic mass is 9.90. The summed E-state index contributed by atoms with van der Waals surface area (Å²) in [5, 5.41) is 2.97. The Kier molecular flexibility index (Phi) is 4.94. The normalized spacial score (nSPS) is 19.1. The first-order valence-corrected chi connectivity index (χ1v) is 9.67. The van der Waals surface area contributed by atoms with Crippen molar-refractivity contribution < 1.29 is 14.3 Å². The molecule has 4 rings (SSSR count). The monoisotopic (exact) mass is 379 g/mol. The highest BCUT2D eigenvalue weighted by Crippen LogP contribution is 2.34. The van der Waals surface area contributed by atoms with Crippen LogP contribution in [0.1, 0.15) is 29.9 Å². The van der Waals surface area contributed by atoms with Crippen molar-refractivity contribution in [3.8, 4) is 5.75 Å². The lowest BCUT2D eigenvalue weighted by molar-refractivity contribution is -0.120. The van der Waals surface area contributed by atoms with Crippen molar-refractivity contribution >= 4 is 23.3 Å². The van der Waals surface area contributed by atoms with Crippen molar-refractivity contribution in [1.82, 2.24) is 4.90 Å².